The second-order valence-electron chi connectivity index (χ2n) is 7.80. The third kappa shape index (κ3) is 5.38. The van der Waals surface area contributed by atoms with Gasteiger partial charge in [-0.3, -0.25) is 19.2 Å². The number of terminal acetylenes is 1. The lowest BCUT2D eigenvalue weighted by Gasteiger charge is -2.53. The SMILES string of the molecule is C#CCON=C(C(=O)NC1C(=O)N2CC(CSc3nnnn3C)(C(=O)O)CS[C@H]12)c1csc(NC=O)n1. The number of hydrogen-bond acceptors (Lipinski definition) is 13. The highest BCUT2D eigenvalue weighted by molar-refractivity contribution is 8.00. The minimum Gasteiger partial charge on any atom is -0.481 e. The smallest absolute Gasteiger partial charge is 0.313 e. The second-order valence-corrected chi connectivity index (χ2v) is 10.7. The molecule has 0 aromatic carbocycles. The number of oxime groups is 1. The van der Waals surface area contributed by atoms with E-state index in [0.29, 0.717) is 11.6 Å². The van der Waals surface area contributed by atoms with E-state index >= 15 is 0 Å². The van der Waals surface area contributed by atoms with Gasteiger partial charge in [0, 0.05) is 30.5 Å². The number of nitrogens with zero attached hydrogens (tertiary/aromatic N) is 7. The predicted molar refractivity (Wildman–Crippen MR) is 133 cm³/mol. The number of aliphatic carboxylic acids is 1. The van der Waals surface area contributed by atoms with Gasteiger partial charge < -0.3 is 25.5 Å². The third-order valence-corrected chi connectivity index (χ3v) is 9.05. The van der Waals surface area contributed by atoms with Gasteiger partial charge in [0.15, 0.2) is 17.5 Å². The Bertz CT molecular complexity index is 1290. The summed E-state index contributed by atoms with van der Waals surface area (Å²) in [6.45, 7) is -0.225. The molecule has 4 heterocycles. The number of β-lactam (4-membered cyclic amide) rings is 1. The second kappa shape index (κ2) is 11.1. The highest BCUT2D eigenvalue weighted by atomic mass is 32.2. The topological polar surface area (TPSA) is 194 Å². The molecule has 0 radical (unpaired) electrons. The molecular formula is C19H19N9O6S3. The van der Waals surface area contributed by atoms with E-state index in [0.717, 1.165) is 11.3 Å². The number of carboxylic acids is 1. The van der Waals surface area contributed by atoms with Crippen LogP contribution in [0.3, 0.4) is 0 Å². The van der Waals surface area contributed by atoms with E-state index in [-0.39, 0.29) is 41.2 Å². The molecule has 2 aliphatic heterocycles. The number of amides is 3. The van der Waals surface area contributed by atoms with Crippen LogP contribution in [-0.2, 0) is 31.1 Å². The van der Waals surface area contributed by atoms with Gasteiger partial charge >= 0.3 is 5.97 Å². The van der Waals surface area contributed by atoms with Crippen LogP contribution in [-0.4, -0.2) is 101 Å². The number of aromatic nitrogens is 5. The van der Waals surface area contributed by atoms with Gasteiger partial charge in [0.1, 0.15) is 22.5 Å². The summed E-state index contributed by atoms with van der Waals surface area (Å²) in [7, 11) is 1.65. The molecular weight excluding hydrogens is 546 g/mol. The van der Waals surface area contributed by atoms with Crippen molar-refractivity contribution < 1.29 is 29.1 Å². The highest BCUT2D eigenvalue weighted by Gasteiger charge is 2.57. The van der Waals surface area contributed by atoms with Crippen LogP contribution in [0.2, 0.25) is 0 Å². The van der Waals surface area contributed by atoms with Crippen molar-refractivity contribution in [3.8, 4) is 12.3 Å². The quantitative estimate of drug-likeness (QED) is 0.0564. The Morgan fingerprint density at radius 1 is 1.51 bits per heavy atom. The van der Waals surface area contributed by atoms with E-state index in [1.807, 2.05) is 0 Å². The van der Waals surface area contributed by atoms with Crippen molar-refractivity contribution >= 4 is 69.9 Å². The zero-order chi connectivity index (χ0) is 26.6. The number of anilines is 1. The maximum absolute atomic E-state index is 13.0. The lowest BCUT2D eigenvalue weighted by molar-refractivity contribution is -0.157. The van der Waals surface area contributed by atoms with E-state index < -0.39 is 34.6 Å². The van der Waals surface area contributed by atoms with Crippen molar-refractivity contribution in [3.63, 3.8) is 0 Å². The molecule has 2 fully saturated rings. The first-order chi connectivity index (χ1) is 17.8. The standard InChI is InChI=1S/C19H19N9O6S3/c1-3-4-34-24-11(10-5-35-17(21-10)20-9-29)13(30)22-12-14(31)28-6-19(16(32)33,7-36-15(12)28)8-37-18-23-25-26-27(18)2/h1,5,9,12,15H,4,6-8H2,2H3,(H,22,30)(H,32,33)(H,20,21,29)/t12?,15-,19?/m1/s1. The summed E-state index contributed by atoms with van der Waals surface area (Å²) in [5.41, 5.74) is -1.34. The molecule has 0 bridgehead atoms. The zero-order valence-corrected chi connectivity index (χ0v) is 21.5. The molecule has 2 aliphatic rings. The number of carbonyl (C=O) groups excluding carboxylic acids is 3. The first kappa shape index (κ1) is 26.4. The lowest BCUT2D eigenvalue weighted by Crippen LogP contribution is -2.74. The number of carbonyl (C=O) groups is 4. The van der Waals surface area contributed by atoms with Crippen LogP contribution in [0.5, 0.6) is 0 Å². The summed E-state index contributed by atoms with van der Waals surface area (Å²) < 4.78 is 1.44. The molecule has 4 rings (SSSR count). The number of thiazole rings is 1. The number of carboxylic acid groups (broad SMARTS) is 1. The Labute approximate surface area is 221 Å². The molecule has 3 atom stereocenters. The summed E-state index contributed by atoms with van der Waals surface area (Å²) >= 11 is 3.52. The summed E-state index contributed by atoms with van der Waals surface area (Å²) in [5, 5.41) is 31.6. The molecule has 3 amide bonds. The average molecular weight is 566 g/mol. The molecule has 194 valence electrons. The normalized spacial score (nSPS) is 22.9. The molecule has 0 aliphatic carbocycles. The van der Waals surface area contributed by atoms with E-state index in [9.17, 15) is 24.3 Å². The van der Waals surface area contributed by atoms with Gasteiger partial charge in [-0.2, -0.15) is 0 Å². The van der Waals surface area contributed by atoms with Gasteiger partial charge in [0.2, 0.25) is 17.5 Å². The van der Waals surface area contributed by atoms with Crippen LogP contribution >= 0.6 is 34.9 Å². The highest BCUT2D eigenvalue weighted by Crippen LogP contribution is 2.44. The molecule has 15 nitrogen and oxygen atoms in total. The van der Waals surface area contributed by atoms with Gasteiger partial charge in [0.25, 0.3) is 5.91 Å². The maximum atomic E-state index is 13.0. The van der Waals surface area contributed by atoms with Crippen LogP contribution < -0.4 is 10.6 Å². The number of rotatable bonds is 11. The summed E-state index contributed by atoms with van der Waals surface area (Å²) in [6.07, 6.45) is 5.60. The fraction of sp³-hybridized carbons (Fsp3) is 0.421. The van der Waals surface area contributed by atoms with Crippen molar-refractivity contribution in [1.29, 1.82) is 0 Å². The number of thioether (sulfide) groups is 2. The molecule has 2 aromatic heterocycles. The van der Waals surface area contributed by atoms with Crippen LogP contribution in [0.1, 0.15) is 5.69 Å². The monoisotopic (exact) mass is 565 g/mol. The first-order valence-electron chi connectivity index (χ1n) is 10.4. The molecule has 2 unspecified atom stereocenters. The Morgan fingerprint density at radius 2 is 2.32 bits per heavy atom. The molecule has 0 saturated carbocycles. The van der Waals surface area contributed by atoms with Crippen LogP contribution in [0.25, 0.3) is 0 Å². The van der Waals surface area contributed by atoms with Crippen molar-refractivity contribution in [1.82, 2.24) is 35.4 Å². The summed E-state index contributed by atoms with van der Waals surface area (Å²) in [6, 6.07) is -0.899. The van der Waals surface area contributed by atoms with E-state index in [2.05, 4.69) is 42.2 Å². The largest absolute Gasteiger partial charge is 0.481 e. The van der Waals surface area contributed by atoms with Crippen LogP contribution in [0.4, 0.5) is 5.13 Å². The first-order valence-corrected chi connectivity index (χ1v) is 13.3. The van der Waals surface area contributed by atoms with Crippen LogP contribution in [0.15, 0.2) is 15.7 Å². The Hall–Kier alpha value is -3.69. The molecule has 0 spiro atoms. The van der Waals surface area contributed by atoms with Crippen LogP contribution in [0, 0.1) is 17.8 Å². The van der Waals surface area contributed by atoms with Gasteiger partial charge in [0.05, 0.1) is 0 Å². The van der Waals surface area contributed by atoms with Crippen molar-refractivity contribution in [2.75, 3.05) is 30.0 Å². The fourth-order valence-electron chi connectivity index (χ4n) is 3.50. The number of aryl methyl sites for hydroxylation is 1. The molecule has 2 saturated heterocycles. The van der Waals surface area contributed by atoms with Gasteiger partial charge in [-0.25, -0.2) is 9.67 Å². The lowest BCUT2D eigenvalue weighted by atomic mass is 9.89. The minimum atomic E-state index is -1.22. The van der Waals surface area contributed by atoms with Gasteiger partial charge in [-0.1, -0.05) is 22.8 Å². The maximum Gasteiger partial charge on any atom is 0.313 e. The number of tetrazole rings is 1. The van der Waals surface area contributed by atoms with Crippen molar-refractivity contribution in [2.45, 2.75) is 16.6 Å². The van der Waals surface area contributed by atoms with Gasteiger partial charge in [-0.15, -0.1) is 34.6 Å². The summed E-state index contributed by atoms with van der Waals surface area (Å²) in [5.74, 6) is 0.386. The molecule has 18 heteroatoms. The van der Waals surface area contributed by atoms with Crippen molar-refractivity contribution in [2.24, 2.45) is 17.6 Å². The molecule has 37 heavy (non-hydrogen) atoms. The fourth-order valence-corrected chi connectivity index (χ4v) is 6.87. The Balaban J connectivity index is 1.44. The average Bonchev–Trinajstić information content (AvgIpc) is 3.52. The van der Waals surface area contributed by atoms with Crippen molar-refractivity contribution in [3.05, 3.63) is 11.1 Å². The molecule has 3 N–H and O–H groups in total. The zero-order valence-electron chi connectivity index (χ0n) is 19.1. The van der Waals surface area contributed by atoms with E-state index in [1.165, 1.54) is 38.5 Å². The minimum absolute atomic E-state index is 0.0253. The Morgan fingerprint density at radius 3 is 3.00 bits per heavy atom. The number of hydrogen-bond donors (Lipinski definition) is 3. The van der Waals surface area contributed by atoms with Gasteiger partial charge in [-0.05, 0) is 10.4 Å². The molecule has 2 aromatic rings. The number of nitrogens with one attached hydrogen (secondary N) is 2. The Kier molecular flexibility index (Phi) is 7.94. The predicted octanol–water partition coefficient (Wildman–Crippen LogP) is -1.15. The van der Waals surface area contributed by atoms with E-state index in [1.54, 1.807) is 7.05 Å². The van der Waals surface area contributed by atoms with E-state index in [4.69, 9.17) is 11.3 Å². The number of fused-ring (bicyclic) bond motifs is 1. The summed E-state index contributed by atoms with van der Waals surface area (Å²) in [4.78, 5) is 59.4. The third-order valence-electron chi connectivity index (χ3n) is 5.39.